The molecule has 0 bridgehead atoms. The predicted molar refractivity (Wildman–Crippen MR) is 67.8 cm³/mol. The highest BCUT2D eigenvalue weighted by atomic mass is 32.5. The summed E-state index contributed by atoms with van der Waals surface area (Å²) in [6.45, 7) is -3.36. The maximum atomic E-state index is 7.56. The van der Waals surface area contributed by atoms with Crippen LogP contribution in [-0.4, -0.2) is 46.7 Å². The van der Waals surface area contributed by atoms with Gasteiger partial charge in [-0.3, -0.25) is 0 Å². The molecule has 0 aliphatic heterocycles. The molecule has 0 amide bonds. The number of hydrogen-bond acceptors (Lipinski definition) is 2. The van der Waals surface area contributed by atoms with Gasteiger partial charge < -0.3 is 29.4 Å². The summed E-state index contributed by atoms with van der Waals surface area (Å²) in [5.74, 6) is 0. The van der Waals surface area contributed by atoms with E-state index in [0.29, 0.717) is 0 Å². The van der Waals surface area contributed by atoms with Crippen LogP contribution < -0.4 is 0 Å². The Balaban J connectivity index is -0.0000000535. The van der Waals surface area contributed by atoms with Gasteiger partial charge in [0.1, 0.15) is 0 Å². The Hall–Kier alpha value is 1.59. The van der Waals surface area contributed by atoms with Crippen LogP contribution in [0.1, 0.15) is 20.3 Å². The fourth-order valence-electron chi connectivity index (χ4n) is 0. The van der Waals surface area contributed by atoms with Crippen LogP contribution >= 0.6 is 13.4 Å². The van der Waals surface area contributed by atoms with Gasteiger partial charge in [-0.15, -0.1) is 0 Å². The highest BCUT2D eigenvalue weighted by molar-refractivity contribution is 8.06. The molecule has 0 radical (unpaired) electrons. The van der Waals surface area contributed by atoms with Gasteiger partial charge in [-0.05, 0) is 23.6 Å². The molecule has 0 unspecified atom stereocenters. The summed E-state index contributed by atoms with van der Waals surface area (Å²) in [5, 5.41) is 0. The summed E-state index contributed by atoms with van der Waals surface area (Å²) in [7, 11) is 0. The first-order chi connectivity index (χ1) is 5.41. The molecule has 0 rings (SSSR count). The minimum atomic E-state index is -3.81. The van der Waals surface area contributed by atoms with Crippen molar-refractivity contribution in [3.8, 4) is 0 Å². The molecule has 0 spiro atoms. The van der Waals surface area contributed by atoms with E-state index in [2.05, 4.69) is 37.5 Å². The third kappa shape index (κ3) is 850. The van der Waals surface area contributed by atoms with Gasteiger partial charge in [-0.2, -0.15) is 0 Å². The molecular weight excluding hydrogens is 285 g/mol. The summed E-state index contributed by atoms with van der Waals surface area (Å²) in [6, 6.07) is 0. The van der Waals surface area contributed by atoms with Crippen molar-refractivity contribution < 1.29 is 29.4 Å². The average Bonchev–Trinajstić information content (AvgIpc) is 1.52. The Labute approximate surface area is 104 Å². The van der Waals surface area contributed by atoms with Crippen LogP contribution in [0, 0.1) is 0 Å². The van der Waals surface area contributed by atoms with E-state index in [9.17, 15) is 0 Å². The fraction of sp³-hybridized carbons (Fsp3) is 1.00. The molecule has 0 aliphatic rings. The van der Waals surface area contributed by atoms with Gasteiger partial charge in [0, 0.05) is 0 Å². The molecule has 14 heavy (non-hydrogen) atoms. The van der Waals surface area contributed by atoms with Crippen molar-refractivity contribution in [2.75, 3.05) is 0 Å². The van der Waals surface area contributed by atoms with E-state index in [4.69, 9.17) is 29.4 Å². The zero-order chi connectivity index (χ0) is 11.7. The van der Waals surface area contributed by atoms with E-state index >= 15 is 0 Å². The fourth-order valence-corrected chi connectivity index (χ4v) is 0. The van der Waals surface area contributed by atoms with Crippen LogP contribution in [-0.2, 0) is 23.6 Å². The SMILES string of the molecule is CCC.OP(O)(O)=S.OP(O)(O)=S.[AlH3]. The highest BCUT2D eigenvalue weighted by Gasteiger charge is 1.92. The van der Waals surface area contributed by atoms with Crippen LogP contribution in [0.4, 0.5) is 0 Å². The molecule has 0 heterocycles. The molecule has 0 saturated carbocycles. The lowest BCUT2D eigenvalue weighted by Gasteiger charge is -1.88. The molecule has 90 valence electrons. The molecule has 0 atom stereocenters. The van der Waals surface area contributed by atoms with Crippen LogP contribution in [0.2, 0.25) is 0 Å². The second-order valence-electron chi connectivity index (χ2n) is 1.73. The molecule has 6 N–H and O–H groups in total. The summed E-state index contributed by atoms with van der Waals surface area (Å²) in [5.41, 5.74) is 0. The second-order valence-corrected chi connectivity index (χ2v) is 6.73. The maximum absolute atomic E-state index is 7.56. The maximum Gasteiger partial charge on any atom is 0.319 e. The van der Waals surface area contributed by atoms with Crippen LogP contribution in [0.25, 0.3) is 0 Å². The van der Waals surface area contributed by atoms with E-state index in [1.807, 2.05) is 0 Å². The molecule has 0 saturated heterocycles. The Kier molecular flexibility index (Phi) is 22.3. The van der Waals surface area contributed by atoms with Gasteiger partial charge in [-0.25, -0.2) is 0 Å². The Morgan fingerprint density at radius 3 is 0.786 bits per heavy atom. The van der Waals surface area contributed by atoms with Gasteiger partial charge >= 0.3 is 13.4 Å². The lowest BCUT2D eigenvalue weighted by atomic mass is 10.6. The van der Waals surface area contributed by atoms with Crippen molar-refractivity contribution in [2.24, 2.45) is 0 Å². The lowest BCUT2D eigenvalue weighted by molar-refractivity contribution is 0.361. The van der Waals surface area contributed by atoms with Gasteiger partial charge in [0.15, 0.2) is 17.4 Å². The summed E-state index contributed by atoms with van der Waals surface area (Å²) >= 11 is 7.21. The second kappa shape index (κ2) is 12.7. The average molecular weight is 302 g/mol. The molecule has 0 aromatic rings. The number of rotatable bonds is 0. The van der Waals surface area contributed by atoms with Crippen molar-refractivity contribution in [3.05, 3.63) is 0 Å². The summed E-state index contributed by atoms with van der Waals surface area (Å²) in [4.78, 5) is 45.3. The van der Waals surface area contributed by atoms with Crippen LogP contribution in [0.15, 0.2) is 0 Å². The molecule has 6 nitrogen and oxygen atoms in total. The minimum absolute atomic E-state index is 0. The standard InChI is InChI=1S/C3H8.Al.2H3O3PS.3H/c1-3-2;;2*1-4(2,3)5;;;/h3H2,1-2H3;;2*(H3,1,2,3,5);;;. The van der Waals surface area contributed by atoms with Crippen molar-refractivity contribution in [2.45, 2.75) is 20.3 Å². The summed E-state index contributed by atoms with van der Waals surface area (Å²) < 4.78 is 0. The van der Waals surface area contributed by atoms with Crippen molar-refractivity contribution >= 4 is 54.4 Å². The first-order valence-electron chi connectivity index (χ1n) is 2.98. The number of hydrogen-bond donors (Lipinski definition) is 6. The predicted octanol–water partition coefficient (Wildman–Crippen LogP) is -1.39. The van der Waals surface area contributed by atoms with Crippen molar-refractivity contribution in [1.82, 2.24) is 0 Å². The third-order valence-electron chi connectivity index (χ3n) is 0. The Morgan fingerprint density at radius 1 is 0.786 bits per heavy atom. The van der Waals surface area contributed by atoms with Gasteiger partial charge in [-0.1, -0.05) is 20.3 Å². The molecule has 11 heteroatoms. The topological polar surface area (TPSA) is 121 Å². The quantitative estimate of drug-likeness (QED) is 0.239. The molecular formula is C3H17AlO6P2S2. The first-order valence-corrected chi connectivity index (χ1v) is 8.30. The smallest absolute Gasteiger partial charge is 0.319 e. The van der Waals surface area contributed by atoms with E-state index in [1.54, 1.807) is 0 Å². The zero-order valence-electron chi connectivity index (χ0n) is 7.10. The Morgan fingerprint density at radius 2 is 0.786 bits per heavy atom. The normalized spacial score (nSPS) is 9.71. The van der Waals surface area contributed by atoms with Crippen molar-refractivity contribution in [3.63, 3.8) is 0 Å². The molecule has 0 aliphatic carbocycles. The van der Waals surface area contributed by atoms with E-state index in [-0.39, 0.29) is 17.4 Å². The van der Waals surface area contributed by atoms with Crippen LogP contribution in [0.3, 0.4) is 0 Å². The van der Waals surface area contributed by atoms with Crippen LogP contribution in [0.5, 0.6) is 0 Å². The molecule has 0 aromatic carbocycles. The Bertz CT molecular complexity index is 153. The van der Waals surface area contributed by atoms with Gasteiger partial charge in [0.25, 0.3) is 0 Å². The zero-order valence-corrected chi connectivity index (χ0v) is 10.5. The van der Waals surface area contributed by atoms with E-state index in [0.717, 1.165) is 0 Å². The third-order valence-corrected chi connectivity index (χ3v) is 0. The highest BCUT2D eigenvalue weighted by Crippen LogP contribution is 2.26. The van der Waals surface area contributed by atoms with Crippen molar-refractivity contribution in [1.29, 1.82) is 0 Å². The van der Waals surface area contributed by atoms with E-state index in [1.165, 1.54) is 6.42 Å². The molecule has 0 fully saturated rings. The lowest BCUT2D eigenvalue weighted by Crippen LogP contribution is -1.65. The minimum Gasteiger partial charge on any atom is -0.325 e. The largest absolute Gasteiger partial charge is 0.325 e. The van der Waals surface area contributed by atoms with E-state index < -0.39 is 13.4 Å². The van der Waals surface area contributed by atoms with Gasteiger partial charge in [0.2, 0.25) is 0 Å². The molecule has 0 aromatic heterocycles. The monoisotopic (exact) mass is 302 g/mol. The van der Waals surface area contributed by atoms with Gasteiger partial charge in [0.05, 0.1) is 0 Å². The first kappa shape index (κ1) is 24.7. The summed E-state index contributed by atoms with van der Waals surface area (Å²) in [6.07, 6.45) is 1.25.